The van der Waals surface area contributed by atoms with Gasteiger partial charge in [-0.15, -0.1) is 0 Å². The molecule has 2 aromatic heterocycles. The van der Waals surface area contributed by atoms with Crippen LogP contribution < -0.4 is 5.32 Å². The quantitative estimate of drug-likeness (QED) is 0.881. The maximum atomic E-state index is 12.6. The van der Waals surface area contributed by atoms with Gasteiger partial charge in [0.2, 0.25) is 0 Å². The Kier molecular flexibility index (Phi) is 3.63. The van der Waals surface area contributed by atoms with Crippen molar-refractivity contribution in [2.24, 2.45) is 0 Å². The summed E-state index contributed by atoms with van der Waals surface area (Å²) in [5.41, 5.74) is 2.23. The van der Waals surface area contributed by atoms with Crippen molar-refractivity contribution in [3.05, 3.63) is 23.0 Å². The molecule has 2 N–H and O–H groups in total. The molecule has 2 heterocycles. The first-order chi connectivity index (χ1) is 10.1. The summed E-state index contributed by atoms with van der Waals surface area (Å²) in [4.78, 5) is 16.8. The monoisotopic (exact) mass is 289 g/mol. The van der Waals surface area contributed by atoms with Crippen molar-refractivity contribution in [1.29, 1.82) is 0 Å². The second-order valence-electron chi connectivity index (χ2n) is 5.69. The van der Waals surface area contributed by atoms with Crippen molar-refractivity contribution in [3.63, 3.8) is 0 Å². The lowest BCUT2D eigenvalue weighted by Crippen LogP contribution is -2.45. The van der Waals surface area contributed by atoms with Crippen LogP contribution in [-0.4, -0.2) is 33.3 Å². The van der Waals surface area contributed by atoms with E-state index in [0.717, 1.165) is 25.7 Å². The zero-order valence-electron chi connectivity index (χ0n) is 12.2. The fourth-order valence-electron chi connectivity index (χ4n) is 2.92. The molecule has 1 fully saturated rings. The summed E-state index contributed by atoms with van der Waals surface area (Å²) in [5, 5.41) is 17.4. The van der Waals surface area contributed by atoms with Crippen molar-refractivity contribution < 1.29 is 14.4 Å². The Morgan fingerprint density at radius 2 is 2.14 bits per heavy atom. The lowest BCUT2D eigenvalue weighted by molar-refractivity contribution is 0.0718. The number of aromatic nitrogens is 2. The lowest BCUT2D eigenvalue weighted by atomic mass is 9.92. The van der Waals surface area contributed by atoms with E-state index in [9.17, 15) is 9.90 Å². The Morgan fingerprint density at radius 3 is 2.90 bits per heavy atom. The second kappa shape index (κ2) is 5.44. The first-order valence-corrected chi connectivity index (χ1v) is 7.29. The average Bonchev–Trinajstić information content (AvgIpc) is 2.82. The molecular formula is C15H19N3O3. The number of amides is 1. The number of carbonyl (C=O) groups is 1. The normalized spacial score (nSPS) is 22.4. The highest BCUT2D eigenvalue weighted by Gasteiger charge is 2.26. The van der Waals surface area contributed by atoms with Crippen LogP contribution in [0, 0.1) is 13.8 Å². The highest BCUT2D eigenvalue weighted by atomic mass is 16.5. The third-order valence-electron chi connectivity index (χ3n) is 4.04. The number of rotatable bonds is 2. The average molecular weight is 289 g/mol. The fraction of sp³-hybridized carbons (Fsp3) is 0.533. The van der Waals surface area contributed by atoms with E-state index in [0.29, 0.717) is 28.1 Å². The van der Waals surface area contributed by atoms with Gasteiger partial charge in [-0.25, -0.2) is 4.98 Å². The summed E-state index contributed by atoms with van der Waals surface area (Å²) in [7, 11) is 0. The minimum Gasteiger partial charge on any atom is -0.391 e. The summed E-state index contributed by atoms with van der Waals surface area (Å²) in [6, 6.07) is 1.55. The van der Waals surface area contributed by atoms with Gasteiger partial charge in [0.1, 0.15) is 0 Å². The smallest absolute Gasteiger partial charge is 0.258 e. The van der Waals surface area contributed by atoms with Crippen molar-refractivity contribution in [2.75, 3.05) is 0 Å². The molecule has 0 aromatic carbocycles. The third-order valence-corrected chi connectivity index (χ3v) is 4.04. The standard InChI is InChI=1S/C15H19N3O3/c1-8-7-10(13-9(2)18-21-15(13)16-8)14(20)17-11-5-3-4-6-12(11)19/h7,11-12,19H,3-6H2,1-2H3,(H,17,20)/t11-,12-/m0/s1. The van der Waals surface area contributed by atoms with Gasteiger partial charge in [0.05, 0.1) is 28.8 Å². The summed E-state index contributed by atoms with van der Waals surface area (Å²) in [6.07, 6.45) is 3.12. The van der Waals surface area contributed by atoms with Gasteiger partial charge in [-0.3, -0.25) is 4.79 Å². The van der Waals surface area contributed by atoms with Crippen LogP contribution in [0.4, 0.5) is 0 Å². The number of nitrogens with one attached hydrogen (secondary N) is 1. The summed E-state index contributed by atoms with van der Waals surface area (Å²) in [6.45, 7) is 3.60. The molecule has 0 saturated heterocycles. The van der Waals surface area contributed by atoms with Gasteiger partial charge in [-0.1, -0.05) is 18.0 Å². The predicted molar refractivity (Wildman–Crippen MR) is 77.0 cm³/mol. The van der Waals surface area contributed by atoms with E-state index in [1.54, 1.807) is 13.0 Å². The van der Waals surface area contributed by atoms with Gasteiger partial charge in [0.15, 0.2) is 0 Å². The van der Waals surface area contributed by atoms with Crippen LogP contribution in [0.25, 0.3) is 11.1 Å². The molecule has 1 aliphatic rings. The molecule has 0 radical (unpaired) electrons. The lowest BCUT2D eigenvalue weighted by Gasteiger charge is -2.28. The van der Waals surface area contributed by atoms with Crippen molar-refractivity contribution >= 4 is 17.0 Å². The predicted octanol–water partition coefficient (Wildman–Crippen LogP) is 1.87. The van der Waals surface area contributed by atoms with Crippen LogP contribution in [0.5, 0.6) is 0 Å². The van der Waals surface area contributed by atoms with Gasteiger partial charge >= 0.3 is 0 Å². The molecule has 6 nitrogen and oxygen atoms in total. The van der Waals surface area contributed by atoms with Crippen molar-refractivity contribution in [1.82, 2.24) is 15.5 Å². The van der Waals surface area contributed by atoms with Crippen LogP contribution in [0.3, 0.4) is 0 Å². The number of aryl methyl sites for hydroxylation is 2. The van der Waals surface area contributed by atoms with Crippen LogP contribution in [0.15, 0.2) is 10.6 Å². The van der Waals surface area contributed by atoms with Gasteiger partial charge in [0.25, 0.3) is 11.6 Å². The van der Waals surface area contributed by atoms with E-state index in [1.807, 2.05) is 6.92 Å². The minimum absolute atomic E-state index is 0.185. The molecule has 3 rings (SSSR count). The molecule has 0 spiro atoms. The molecule has 1 aliphatic carbocycles. The maximum absolute atomic E-state index is 12.6. The molecule has 6 heteroatoms. The van der Waals surface area contributed by atoms with Gasteiger partial charge in [-0.05, 0) is 32.8 Å². The van der Waals surface area contributed by atoms with Crippen molar-refractivity contribution in [2.45, 2.75) is 51.7 Å². The molecular weight excluding hydrogens is 270 g/mol. The van der Waals surface area contributed by atoms with E-state index in [2.05, 4.69) is 15.5 Å². The summed E-state index contributed by atoms with van der Waals surface area (Å²) >= 11 is 0. The fourth-order valence-corrected chi connectivity index (χ4v) is 2.92. The molecule has 0 aliphatic heterocycles. The Hall–Kier alpha value is -1.95. The first-order valence-electron chi connectivity index (χ1n) is 7.29. The van der Waals surface area contributed by atoms with Crippen LogP contribution >= 0.6 is 0 Å². The molecule has 2 atom stereocenters. The Bertz CT molecular complexity index is 680. The number of pyridine rings is 1. The van der Waals surface area contributed by atoms with Gasteiger partial charge in [-0.2, -0.15) is 0 Å². The highest BCUT2D eigenvalue weighted by Crippen LogP contribution is 2.23. The Labute approximate surface area is 122 Å². The molecule has 1 saturated carbocycles. The minimum atomic E-state index is -0.468. The summed E-state index contributed by atoms with van der Waals surface area (Å²) < 4.78 is 5.14. The van der Waals surface area contributed by atoms with Crippen molar-refractivity contribution in [3.8, 4) is 0 Å². The number of aliphatic hydroxyl groups is 1. The second-order valence-corrected chi connectivity index (χ2v) is 5.69. The number of carbonyl (C=O) groups excluding carboxylic acids is 1. The zero-order chi connectivity index (χ0) is 15.0. The van der Waals surface area contributed by atoms with Gasteiger partial charge in [0, 0.05) is 5.69 Å². The van der Waals surface area contributed by atoms with E-state index >= 15 is 0 Å². The molecule has 1 amide bonds. The number of fused-ring (bicyclic) bond motifs is 1. The van der Waals surface area contributed by atoms with Gasteiger partial charge < -0.3 is 14.9 Å². The van der Waals surface area contributed by atoms with Crippen LogP contribution in [0.2, 0.25) is 0 Å². The van der Waals surface area contributed by atoms with E-state index in [-0.39, 0.29) is 11.9 Å². The summed E-state index contributed by atoms with van der Waals surface area (Å²) in [5.74, 6) is -0.206. The molecule has 21 heavy (non-hydrogen) atoms. The van der Waals surface area contributed by atoms with E-state index in [1.165, 1.54) is 0 Å². The Morgan fingerprint density at radius 1 is 1.38 bits per heavy atom. The SMILES string of the molecule is Cc1cc(C(=O)N[C@H]2CCCC[C@@H]2O)c2c(C)noc2n1. The number of hydrogen-bond donors (Lipinski definition) is 2. The van der Waals surface area contributed by atoms with E-state index < -0.39 is 6.10 Å². The maximum Gasteiger partial charge on any atom is 0.258 e. The van der Waals surface area contributed by atoms with Crippen LogP contribution in [0.1, 0.15) is 47.4 Å². The number of aliphatic hydroxyl groups excluding tert-OH is 1. The first kappa shape index (κ1) is 14.0. The highest BCUT2D eigenvalue weighted by molar-refractivity contribution is 6.06. The topological polar surface area (TPSA) is 88.2 Å². The molecule has 112 valence electrons. The number of nitrogens with zero attached hydrogens (tertiary/aromatic N) is 2. The van der Waals surface area contributed by atoms with E-state index in [4.69, 9.17) is 4.52 Å². The molecule has 2 aromatic rings. The Balaban J connectivity index is 1.92. The molecule has 0 bridgehead atoms. The largest absolute Gasteiger partial charge is 0.391 e. The molecule has 0 unspecified atom stereocenters. The third kappa shape index (κ3) is 2.63. The van der Waals surface area contributed by atoms with Crippen LogP contribution in [-0.2, 0) is 0 Å². The number of hydrogen-bond acceptors (Lipinski definition) is 5. The zero-order valence-corrected chi connectivity index (χ0v) is 12.2.